The molecule has 12 heteroatoms. The molecule has 3 heterocycles. The zero-order valence-electron chi connectivity index (χ0n) is 27.3. The third-order valence-electron chi connectivity index (χ3n) is 8.36. The molecule has 0 atom stereocenters. The van der Waals surface area contributed by atoms with Crippen molar-refractivity contribution in [2.24, 2.45) is 0 Å². The van der Waals surface area contributed by atoms with E-state index in [1.165, 1.54) is 5.56 Å². The van der Waals surface area contributed by atoms with Crippen molar-refractivity contribution in [1.82, 2.24) is 24.6 Å². The number of nitrogen functional groups attached to an aromatic ring is 1. The summed E-state index contributed by atoms with van der Waals surface area (Å²) in [5.74, 6) is 1.57. The quantitative estimate of drug-likeness (QED) is 0.216. The number of fused-ring (bicyclic) bond motifs is 1. The van der Waals surface area contributed by atoms with Crippen LogP contribution in [0.25, 0.3) is 16.7 Å². The number of anilines is 3. The molecule has 4 aromatic rings. The average molecular weight is 636 g/mol. The van der Waals surface area contributed by atoms with Crippen LogP contribution >= 0.6 is 0 Å². The third kappa shape index (κ3) is 6.78. The van der Waals surface area contributed by atoms with Crippen molar-refractivity contribution < 1.29 is 17.9 Å². The maximum absolute atomic E-state index is 13.2. The van der Waals surface area contributed by atoms with Gasteiger partial charge in [0.25, 0.3) is 0 Å². The van der Waals surface area contributed by atoms with E-state index in [9.17, 15) is 8.42 Å². The van der Waals surface area contributed by atoms with Gasteiger partial charge in [0.2, 0.25) is 5.95 Å². The minimum absolute atomic E-state index is 0.0373. The first kappa shape index (κ1) is 32.6. The number of ether oxygens (including phenoxy) is 2. The van der Waals surface area contributed by atoms with Gasteiger partial charge in [-0.25, -0.2) is 13.1 Å². The summed E-state index contributed by atoms with van der Waals surface area (Å²) in [6, 6.07) is 11.1. The van der Waals surface area contributed by atoms with E-state index in [1.807, 2.05) is 20.8 Å². The molecule has 0 saturated carbocycles. The Hall–Kier alpha value is -3.74. The van der Waals surface area contributed by atoms with Crippen molar-refractivity contribution >= 4 is 38.3 Å². The number of nitrogens with one attached hydrogen (secondary N) is 1. The van der Waals surface area contributed by atoms with E-state index in [0.717, 1.165) is 56.1 Å². The molecule has 1 aliphatic heterocycles. The van der Waals surface area contributed by atoms with E-state index in [0.29, 0.717) is 34.2 Å². The molecule has 2 aromatic carbocycles. The molecular weight excluding hydrogens is 590 g/mol. The van der Waals surface area contributed by atoms with E-state index in [4.69, 9.17) is 20.3 Å². The number of nitrogens with zero attached hydrogens (tertiary/aromatic N) is 5. The predicted octanol–water partition coefficient (Wildman–Crippen LogP) is 5.55. The van der Waals surface area contributed by atoms with E-state index in [1.54, 1.807) is 49.9 Å². The van der Waals surface area contributed by atoms with Gasteiger partial charge in [0.15, 0.2) is 15.5 Å². The normalized spacial score (nSPS) is 15.0. The summed E-state index contributed by atoms with van der Waals surface area (Å²) in [4.78, 5) is 11.7. The van der Waals surface area contributed by atoms with Crippen LogP contribution in [-0.4, -0.2) is 77.8 Å². The van der Waals surface area contributed by atoms with Crippen LogP contribution in [0.15, 0.2) is 41.3 Å². The van der Waals surface area contributed by atoms with Crippen molar-refractivity contribution in [2.75, 3.05) is 44.4 Å². The summed E-state index contributed by atoms with van der Waals surface area (Å²) in [5.41, 5.74) is 11.0. The van der Waals surface area contributed by atoms with Crippen molar-refractivity contribution in [3.05, 3.63) is 53.2 Å². The van der Waals surface area contributed by atoms with Gasteiger partial charge in [0.05, 0.1) is 39.6 Å². The molecular formula is C33H45N7O4S. The summed E-state index contributed by atoms with van der Waals surface area (Å²) < 4.78 is 39.7. The minimum Gasteiger partial charge on any atom is -0.489 e. The molecule has 0 bridgehead atoms. The molecule has 11 nitrogen and oxygen atoms in total. The molecule has 1 saturated heterocycles. The Morgan fingerprint density at radius 2 is 1.78 bits per heavy atom. The summed E-state index contributed by atoms with van der Waals surface area (Å²) in [6.07, 6.45) is 2.08. The van der Waals surface area contributed by atoms with E-state index in [2.05, 4.69) is 39.2 Å². The fraction of sp³-hybridized carbons (Fsp3) is 0.485. The lowest BCUT2D eigenvalue weighted by molar-refractivity contribution is 0.130. The summed E-state index contributed by atoms with van der Waals surface area (Å²) >= 11 is 0. The highest BCUT2D eigenvalue weighted by Gasteiger charge is 2.27. The highest BCUT2D eigenvalue weighted by Crippen LogP contribution is 2.38. The van der Waals surface area contributed by atoms with E-state index in [-0.39, 0.29) is 16.9 Å². The van der Waals surface area contributed by atoms with Gasteiger partial charge in [-0.2, -0.15) is 15.1 Å². The molecule has 5 rings (SSSR count). The molecule has 1 fully saturated rings. The van der Waals surface area contributed by atoms with Gasteiger partial charge >= 0.3 is 0 Å². The molecule has 0 aliphatic carbocycles. The van der Waals surface area contributed by atoms with Gasteiger partial charge in [-0.15, -0.1) is 0 Å². The second-order valence-electron chi connectivity index (χ2n) is 12.3. The Morgan fingerprint density at radius 1 is 1.07 bits per heavy atom. The third-order valence-corrected chi connectivity index (χ3v) is 10.6. The number of rotatable bonds is 11. The van der Waals surface area contributed by atoms with Crippen LogP contribution in [0.4, 0.5) is 17.5 Å². The number of sulfone groups is 1. The number of likely N-dealkylation sites (tertiary alicyclic amines) is 1. The summed E-state index contributed by atoms with van der Waals surface area (Å²) in [5, 5.41) is 8.19. The molecule has 0 unspecified atom stereocenters. The second-order valence-corrected chi connectivity index (χ2v) is 14.8. The number of piperidine rings is 1. The molecule has 0 radical (unpaired) electrons. The van der Waals surface area contributed by atoms with Crippen LogP contribution in [0.1, 0.15) is 63.3 Å². The number of aromatic nitrogens is 4. The molecule has 2 aromatic heterocycles. The topological polar surface area (TPSA) is 137 Å². The van der Waals surface area contributed by atoms with Crippen molar-refractivity contribution in [3.63, 3.8) is 0 Å². The standard InChI is InChI=1S/C33H45N7O4S/c1-20(2)44-28-19-25(24-12-14-39(15-13-24)16-17-43-7)22(5)18-27(28)40-32-30(23(6)38-40)31(36-33(34)37-32)35-26-10-8-9-11-29(26)45(41,42)21(3)4/h8-11,18-21,24H,12-17H2,1-7H3,(H3,34,35,36,37). The Balaban J connectivity index is 1.57. The molecule has 0 amide bonds. The Labute approximate surface area is 266 Å². The minimum atomic E-state index is -3.56. The molecule has 1 aliphatic rings. The fourth-order valence-corrected chi connectivity index (χ4v) is 7.19. The first-order valence-electron chi connectivity index (χ1n) is 15.6. The van der Waals surface area contributed by atoms with Crippen LogP contribution in [0, 0.1) is 13.8 Å². The van der Waals surface area contributed by atoms with Crippen LogP contribution < -0.4 is 15.8 Å². The largest absolute Gasteiger partial charge is 0.489 e. The highest BCUT2D eigenvalue weighted by atomic mass is 32.2. The maximum atomic E-state index is 13.2. The maximum Gasteiger partial charge on any atom is 0.224 e. The first-order valence-corrected chi connectivity index (χ1v) is 17.1. The van der Waals surface area contributed by atoms with Gasteiger partial charge in [-0.1, -0.05) is 12.1 Å². The van der Waals surface area contributed by atoms with Crippen LogP contribution in [-0.2, 0) is 14.6 Å². The SMILES string of the molecule is COCCN1CCC(c2cc(OC(C)C)c(-n3nc(C)c4c(Nc5ccccc5S(=O)(=O)C(C)C)nc(N)nc43)cc2C)CC1. The lowest BCUT2D eigenvalue weighted by atomic mass is 9.86. The molecule has 3 N–H and O–H groups in total. The van der Waals surface area contributed by atoms with Crippen LogP contribution in [0.2, 0.25) is 0 Å². The van der Waals surface area contributed by atoms with Gasteiger partial charge in [0, 0.05) is 13.7 Å². The lowest BCUT2D eigenvalue weighted by Gasteiger charge is -2.33. The van der Waals surface area contributed by atoms with Crippen molar-refractivity contribution in [2.45, 2.75) is 76.6 Å². The van der Waals surface area contributed by atoms with E-state index < -0.39 is 15.1 Å². The number of para-hydroxylation sites is 1. The second kappa shape index (κ2) is 13.3. The Kier molecular flexibility index (Phi) is 9.66. The van der Waals surface area contributed by atoms with Gasteiger partial charge < -0.3 is 25.4 Å². The number of nitrogens with two attached hydrogens (primary N) is 1. The van der Waals surface area contributed by atoms with E-state index >= 15 is 0 Å². The van der Waals surface area contributed by atoms with Crippen molar-refractivity contribution in [3.8, 4) is 11.4 Å². The number of hydrogen-bond acceptors (Lipinski definition) is 10. The highest BCUT2D eigenvalue weighted by molar-refractivity contribution is 7.92. The zero-order valence-corrected chi connectivity index (χ0v) is 28.1. The Bertz CT molecular complexity index is 1780. The summed E-state index contributed by atoms with van der Waals surface area (Å²) in [6.45, 7) is 15.1. The smallest absolute Gasteiger partial charge is 0.224 e. The molecule has 242 valence electrons. The first-order chi connectivity index (χ1) is 21.4. The number of hydrogen-bond donors (Lipinski definition) is 2. The predicted molar refractivity (Wildman–Crippen MR) is 179 cm³/mol. The van der Waals surface area contributed by atoms with Crippen molar-refractivity contribution in [1.29, 1.82) is 0 Å². The van der Waals surface area contributed by atoms with Gasteiger partial charge in [-0.3, -0.25) is 0 Å². The summed E-state index contributed by atoms with van der Waals surface area (Å²) in [7, 11) is -1.82. The number of methoxy groups -OCH3 is 1. The van der Waals surface area contributed by atoms with Crippen LogP contribution in [0.5, 0.6) is 5.75 Å². The zero-order chi connectivity index (χ0) is 32.5. The molecule has 45 heavy (non-hydrogen) atoms. The average Bonchev–Trinajstić information content (AvgIpc) is 3.32. The van der Waals surface area contributed by atoms with Crippen LogP contribution in [0.3, 0.4) is 0 Å². The molecule has 0 spiro atoms. The lowest BCUT2D eigenvalue weighted by Crippen LogP contribution is -2.35. The van der Waals surface area contributed by atoms with Gasteiger partial charge in [0.1, 0.15) is 17.3 Å². The fourth-order valence-electron chi connectivity index (χ4n) is 5.99. The van der Waals surface area contributed by atoms with Gasteiger partial charge in [-0.05, 0) is 109 Å². The monoisotopic (exact) mass is 635 g/mol. The number of aryl methyl sites for hydroxylation is 2. The number of benzene rings is 2. The Morgan fingerprint density at radius 3 is 2.44 bits per heavy atom.